The molecule has 0 bridgehead atoms. The van der Waals surface area contributed by atoms with Gasteiger partial charge in [0, 0.05) is 24.6 Å². The van der Waals surface area contributed by atoms with Crippen LogP contribution in [0.25, 0.3) is 0 Å². The molecule has 23 heavy (non-hydrogen) atoms. The van der Waals surface area contributed by atoms with Crippen LogP contribution in [-0.2, 0) is 6.42 Å². The standard InChI is InChI=1S/C16H16O7/c1-23-15-7-11(19)8(4-12(15)20)2-3-10(18)16-13(21)5-9(17)6-14(16)22/h4-7,17,19-22H,2-3H2,1H3. The molecular formula is C16H16O7. The van der Waals surface area contributed by atoms with Crippen molar-refractivity contribution in [1.29, 1.82) is 0 Å². The molecule has 0 saturated heterocycles. The summed E-state index contributed by atoms with van der Waals surface area (Å²) in [5, 5.41) is 48.1. The summed E-state index contributed by atoms with van der Waals surface area (Å²) >= 11 is 0. The molecule has 0 radical (unpaired) electrons. The van der Waals surface area contributed by atoms with Crippen LogP contribution in [0.15, 0.2) is 24.3 Å². The lowest BCUT2D eigenvalue weighted by Gasteiger charge is -2.10. The maximum atomic E-state index is 12.1. The van der Waals surface area contributed by atoms with E-state index in [0.717, 1.165) is 12.1 Å². The van der Waals surface area contributed by atoms with E-state index in [1.807, 2.05) is 0 Å². The number of hydrogen-bond acceptors (Lipinski definition) is 7. The number of phenols is 5. The second kappa shape index (κ2) is 6.35. The first-order valence-corrected chi connectivity index (χ1v) is 6.70. The zero-order chi connectivity index (χ0) is 17.1. The van der Waals surface area contributed by atoms with Gasteiger partial charge < -0.3 is 30.3 Å². The van der Waals surface area contributed by atoms with Gasteiger partial charge in [0.25, 0.3) is 0 Å². The van der Waals surface area contributed by atoms with Gasteiger partial charge in [-0.2, -0.15) is 0 Å². The summed E-state index contributed by atoms with van der Waals surface area (Å²) < 4.78 is 4.85. The van der Waals surface area contributed by atoms with Crippen LogP contribution in [0.1, 0.15) is 22.3 Å². The lowest BCUT2D eigenvalue weighted by molar-refractivity contribution is 0.0977. The number of benzene rings is 2. The molecule has 0 amide bonds. The number of rotatable bonds is 5. The van der Waals surface area contributed by atoms with Crippen molar-refractivity contribution in [1.82, 2.24) is 0 Å². The lowest BCUT2D eigenvalue weighted by atomic mass is 10.00. The van der Waals surface area contributed by atoms with Crippen molar-refractivity contribution >= 4 is 5.78 Å². The number of hydrogen-bond donors (Lipinski definition) is 5. The van der Waals surface area contributed by atoms with E-state index in [1.165, 1.54) is 19.2 Å². The lowest BCUT2D eigenvalue weighted by Crippen LogP contribution is -2.02. The third-order valence-electron chi connectivity index (χ3n) is 3.36. The molecule has 0 saturated carbocycles. The molecule has 0 aliphatic carbocycles. The van der Waals surface area contributed by atoms with Crippen molar-refractivity contribution in [3.63, 3.8) is 0 Å². The highest BCUT2D eigenvalue weighted by atomic mass is 16.5. The van der Waals surface area contributed by atoms with Gasteiger partial charge in [0.05, 0.1) is 7.11 Å². The molecular weight excluding hydrogens is 304 g/mol. The van der Waals surface area contributed by atoms with E-state index in [9.17, 15) is 30.3 Å². The van der Waals surface area contributed by atoms with Crippen LogP contribution in [0.2, 0.25) is 0 Å². The number of aryl methyl sites for hydroxylation is 1. The molecule has 0 atom stereocenters. The number of Topliss-reactive ketones (excluding diaryl/α,β-unsaturated/α-hetero) is 1. The minimum Gasteiger partial charge on any atom is -0.508 e. The van der Waals surface area contributed by atoms with E-state index >= 15 is 0 Å². The van der Waals surface area contributed by atoms with Gasteiger partial charge in [0.15, 0.2) is 17.3 Å². The fourth-order valence-corrected chi connectivity index (χ4v) is 2.22. The van der Waals surface area contributed by atoms with Gasteiger partial charge in [0.1, 0.15) is 28.6 Å². The number of carbonyl (C=O) groups is 1. The summed E-state index contributed by atoms with van der Waals surface area (Å²) in [5.74, 6) is -2.23. The molecule has 0 unspecified atom stereocenters. The summed E-state index contributed by atoms with van der Waals surface area (Å²) in [5.41, 5.74) is 0.00873. The average molecular weight is 320 g/mol. The summed E-state index contributed by atoms with van der Waals surface area (Å²) in [4.78, 5) is 12.1. The normalized spacial score (nSPS) is 10.5. The Hall–Kier alpha value is -3.09. The minimum atomic E-state index is -0.574. The van der Waals surface area contributed by atoms with Crippen molar-refractivity contribution in [2.45, 2.75) is 12.8 Å². The minimum absolute atomic E-state index is 0.0714. The highest BCUT2D eigenvalue weighted by Crippen LogP contribution is 2.35. The van der Waals surface area contributed by atoms with Crippen molar-refractivity contribution in [3.05, 3.63) is 35.4 Å². The highest BCUT2D eigenvalue weighted by molar-refractivity contribution is 6.01. The van der Waals surface area contributed by atoms with E-state index in [1.54, 1.807) is 0 Å². The van der Waals surface area contributed by atoms with Crippen molar-refractivity contribution < 1.29 is 35.1 Å². The third-order valence-corrected chi connectivity index (χ3v) is 3.36. The van der Waals surface area contributed by atoms with Crippen molar-refractivity contribution in [2.24, 2.45) is 0 Å². The summed E-state index contributed by atoms with van der Waals surface area (Å²) in [6, 6.07) is 4.40. The SMILES string of the molecule is COc1cc(O)c(CCC(=O)c2c(O)cc(O)cc2O)cc1O. The molecule has 0 aliphatic rings. The van der Waals surface area contributed by atoms with Gasteiger partial charge >= 0.3 is 0 Å². The topological polar surface area (TPSA) is 127 Å². The van der Waals surface area contributed by atoms with Gasteiger partial charge in [-0.25, -0.2) is 0 Å². The fraction of sp³-hybridized carbons (Fsp3) is 0.188. The van der Waals surface area contributed by atoms with Gasteiger partial charge in [-0.1, -0.05) is 0 Å². The molecule has 5 N–H and O–H groups in total. The quantitative estimate of drug-likeness (QED) is 0.421. The Morgan fingerprint density at radius 3 is 2.09 bits per heavy atom. The van der Waals surface area contributed by atoms with Crippen molar-refractivity contribution in [3.8, 4) is 34.5 Å². The highest BCUT2D eigenvalue weighted by Gasteiger charge is 2.18. The van der Waals surface area contributed by atoms with Crippen LogP contribution in [0.4, 0.5) is 0 Å². The summed E-state index contributed by atoms with van der Waals surface area (Å²) in [7, 11) is 1.34. The van der Waals surface area contributed by atoms with Gasteiger partial charge in [-0.3, -0.25) is 4.79 Å². The first-order chi connectivity index (χ1) is 10.8. The van der Waals surface area contributed by atoms with E-state index in [0.29, 0.717) is 5.56 Å². The second-order valence-electron chi connectivity index (χ2n) is 4.93. The van der Waals surface area contributed by atoms with E-state index in [-0.39, 0.29) is 41.4 Å². The molecule has 0 fully saturated rings. The van der Waals surface area contributed by atoms with Gasteiger partial charge in [0.2, 0.25) is 0 Å². The summed E-state index contributed by atoms with van der Waals surface area (Å²) in [6.45, 7) is 0. The number of ether oxygens (including phenoxy) is 1. The van der Waals surface area contributed by atoms with E-state index < -0.39 is 17.3 Å². The molecule has 122 valence electrons. The molecule has 7 nitrogen and oxygen atoms in total. The number of carbonyl (C=O) groups excluding carboxylic acids is 1. The Morgan fingerprint density at radius 2 is 1.52 bits per heavy atom. The largest absolute Gasteiger partial charge is 0.508 e. The summed E-state index contributed by atoms with van der Waals surface area (Å²) in [6.07, 6.45) is -0.0623. The van der Waals surface area contributed by atoms with Crippen LogP contribution in [0, 0.1) is 0 Å². The first kappa shape index (κ1) is 16.3. The Labute approximate surface area is 131 Å². The number of phenolic OH excluding ortho intramolecular Hbond substituents is 5. The monoisotopic (exact) mass is 320 g/mol. The Morgan fingerprint density at radius 1 is 0.913 bits per heavy atom. The predicted octanol–water partition coefficient (Wildman–Crippen LogP) is 2.04. The molecule has 2 aromatic carbocycles. The number of methoxy groups -OCH3 is 1. The molecule has 0 spiro atoms. The molecule has 2 rings (SSSR count). The van der Waals surface area contributed by atoms with Gasteiger partial charge in [-0.15, -0.1) is 0 Å². The fourth-order valence-electron chi connectivity index (χ4n) is 2.22. The van der Waals surface area contributed by atoms with Crippen LogP contribution in [0.3, 0.4) is 0 Å². The van der Waals surface area contributed by atoms with E-state index in [2.05, 4.69) is 0 Å². The van der Waals surface area contributed by atoms with Crippen LogP contribution < -0.4 is 4.74 Å². The maximum absolute atomic E-state index is 12.1. The van der Waals surface area contributed by atoms with Crippen LogP contribution in [-0.4, -0.2) is 38.4 Å². The Bertz CT molecular complexity index is 729. The Kier molecular flexibility index (Phi) is 4.49. The Balaban J connectivity index is 2.19. The average Bonchev–Trinajstić information content (AvgIpc) is 2.46. The number of aromatic hydroxyl groups is 5. The van der Waals surface area contributed by atoms with Crippen LogP contribution in [0.5, 0.6) is 34.5 Å². The number of ketones is 1. The molecule has 0 aliphatic heterocycles. The molecule has 2 aromatic rings. The zero-order valence-electron chi connectivity index (χ0n) is 12.3. The first-order valence-electron chi connectivity index (χ1n) is 6.70. The molecule has 0 heterocycles. The smallest absolute Gasteiger partial charge is 0.170 e. The van der Waals surface area contributed by atoms with Gasteiger partial charge in [-0.05, 0) is 18.1 Å². The third kappa shape index (κ3) is 3.39. The van der Waals surface area contributed by atoms with E-state index in [4.69, 9.17) is 4.74 Å². The van der Waals surface area contributed by atoms with Crippen molar-refractivity contribution in [2.75, 3.05) is 7.11 Å². The zero-order valence-corrected chi connectivity index (χ0v) is 12.3. The predicted molar refractivity (Wildman–Crippen MR) is 80.4 cm³/mol. The molecule has 7 heteroatoms. The van der Waals surface area contributed by atoms with Crippen LogP contribution >= 0.6 is 0 Å². The maximum Gasteiger partial charge on any atom is 0.170 e. The second-order valence-corrected chi connectivity index (χ2v) is 4.93. The molecule has 0 aromatic heterocycles.